The molecule has 1 N–H and O–H groups in total. The van der Waals surface area contributed by atoms with Gasteiger partial charge < -0.3 is 10.2 Å². The van der Waals surface area contributed by atoms with Crippen molar-refractivity contribution in [1.82, 2.24) is 15.5 Å². The standard InChI is InChI=1S/C15H20N4S2/c1-16-13-11-7-5-4-6-10(11)8-9-12(13)20-15-18-17-14(21-15)19(2)3/h4-7,12-13,16H,8-9H2,1-3H3. The van der Waals surface area contributed by atoms with Gasteiger partial charge in [-0.15, -0.1) is 10.2 Å². The van der Waals surface area contributed by atoms with Gasteiger partial charge in [-0.2, -0.15) is 0 Å². The van der Waals surface area contributed by atoms with E-state index in [1.54, 1.807) is 11.3 Å². The molecule has 1 aliphatic rings. The summed E-state index contributed by atoms with van der Waals surface area (Å²) in [6.45, 7) is 0. The number of benzene rings is 1. The minimum atomic E-state index is 0.381. The number of hydrogen-bond acceptors (Lipinski definition) is 6. The molecule has 2 unspecified atom stereocenters. The normalized spacial score (nSPS) is 21.1. The lowest BCUT2D eigenvalue weighted by atomic mass is 9.87. The number of rotatable bonds is 4. The lowest BCUT2D eigenvalue weighted by Gasteiger charge is -2.32. The molecule has 1 aromatic heterocycles. The maximum Gasteiger partial charge on any atom is 0.208 e. The predicted octanol–water partition coefficient (Wildman–Crippen LogP) is 2.97. The van der Waals surface area contributed by atoms with Crippen LogP contribution in [-0.2, 0) is 6.42 Å². The highest BCUT2D eigenvalue weighted by Gasteiger charge is 2.29. The zero-order valence-electron chi connectivity index (χ0n) is 12.5. The summed E-state index contributed by atoms with van der Waals surface area (Å²) in [6, 6.07) is 9.13. The fourth-order valence-corrected chi connectivity index (χ4v) is 5.05. The van der Waals surface area contributed by atoms with Crippen molar-refractivity contribution >= 4 is 28.2 Å². The van der Waals surface area contributed by atoms with Crippen LogP contribution in [0.5, 0.6) is 0 Å². The monoisotopic (exact) mass is 320 g/mol. The molecule has 1 aliphatic carbocycles. The summed E-state index contributed by atoms with van der Waals surface area (Å²) in [4.78, 5) is 2.01. The quantitative estimate of drug-likeness (QED) is 0.938. The third-order valence-electron chi connectivity index (χ3n) is 3.80. The molecule has 2 aromatic rings. The van der Waals surface area contributed by atoms with Crippen molar-refractivity contribution in [2.45, 2.75) is 28.5 Å². The smallest absolute Gasteiger partial charge is 0.208 e. The van der Waals surface area contributed by atoms with Crippen molar-refractivity contribution < 1.29 is 0 Å². The van der Waals surface area contributed by atoms with Crippen LogP contribution in [0, 0.1) is 0 Å². The van der Waals surface area contributed by atoms with Crippen LogP contribution in [0.2, 0.25) is 0 Å². The first-order chi connectivity index (χ1) is 10.2. The van der Waals surface area contributed by atoms with Crippen molar-refractivity contribution in [3.05, 3.63) is 35.4 Å². The van der Waals surface area contributed by atoms with E-state index in [0.29, 0.717) is 11.3 Å². The van der Waals surface area contributed by atoms with E-state index >= 15 is 0 Å². The molecule has 112 valence electrons. The molecule has 1 heterocycles. The highest BCUT2D eigenvalue weighted by atomic mass is 32.2. The molecule has 2 atom stereocenters. The molecule has 1 aromatic carbocycles. The third-order valence-corrected chi connectivity index (χ3v) is 6.32. The minimum absolute atomic E-state index is 0.381. The molecule has 0 fully saturated rings. The molecule has 0 saturated carbocycles. The topological polar surface area (TPSA) is 41.1 Å². The Kier molecular flexibility index (Phi) is 4.47. The highest BCUT2D eigenvalue weighted by molar-refractivity contribution is 8.01. The van der Waals surface area contributed by atoms with Gasteiger partial charge in [0.1, 0.15) is 0 Å². The maximum absolute atomic E-state index is 4.32. The number of thioether (sulfide) groups is 1. The Hall–Kier alpha value is -1.11. The van der Waals surface area contributed by atoms with Crippen LogP contribution in [0.4, 0.5) is 5.13 Å². The van der Waals surface area contributed by atoms with E-state index < -0.39 is 0 Å². The zero-order chi connectivity index (χ0) is 14.8. The Morgan fingerprint density at radius 3 is 2.81 bits per heavy atom. The van der Waals surface area contributed by atoms with Crippen LogP contribution in [0.15, 0.2) is 28.6 Å². The van der Waals surface area contributed by atoms with Gasteiger partial charge >= 0.3 is 0 Å². The molecular weight excluding hydrogens is 300 g/mol. The summed E-state index contributed by atoms with van der Waals surface area (Å²) in [5.41, 5.74) is 2.90. The Bertz CT molecular complexity index is 611. The van der Waals surface area contributed by atoms with Crippen LogP contribution in [0.3, 0.4) is 0 Å². The van der Waals surface area contributed by atoms with E-state index in [-0.39, 0.29) is 0 Å². The number of hydrogen-bond donors (Lipinski definition) is 1. The average Bonchev–Trinajstić information content (AvgIpc) is 2.96. The van der Waals surface area contributed by atoms with Crippen molar-refractivity contribution in [1.29, 1.82) is 0 Å². The molecule has 3 rings (SSSR count). The Morgan fingerprint density at radius 1 is 1.29 bits per heavy atom. The number of nitrogens with zero attached hydrogens (tertiary/aromatic N) is 3. The summed E-state index contributed by atoms with van der Waals surface area (Å²) in [6.07, 6.45) is 2.31. The minimum Gasteiger partial charge on any atom is -0.353 e. The second-order valence-electron chi connectivity index (χ2n) is 5.41. The Balaban J connectivity index is 1.79. The van der Waals surface area contributed by atoms with Crippen LogP contribution >= 0.6 is 23.1 Å². The van der Waals surface area contributed by atoms with Crippen molar-refractivity contribution in [3.63, 3.8) is 0 Å². The fourth-order valence-electron chi connectivity index (χ4n) is 2.76. The van der Waals surface area contributed by atoms with Crippen molar-refractivity contribution in [2.75, 3.05) is 26.0 Å². The van der Waals surface area contributed by atoms with E-state index in [2.05, 4.69) is 39.8 Å². The fraction of sp³-hybridized carbons (Fsp3) is 0.467. The second kappa shape index (κ2) is 6.34. The van der Waals surface area contributed by atoms with Crippen molar-refractivity contribution in [2.24, 2.45) is 0 Å². The van der Waals surface area contributed by atoms with E-state index in [9.17, 15) is 0 Å². The first kappa shape index (κ1) is 14.8. The van der Waals surface area contributed by atoms with Gasteiger partial charge in [0.15, 0.2) is 4.34 Å². The summed E-state index contributed by atoms with van der Waals surface area (Å²) < 4.78 is 1.06. The Morgan fingerprint density at radius 2 is 2.10 bits per heavy atom. The number of aryl methyl sites for hydroxylation is 1. The lowest BCUT2D eigenvalue weighted by Crippen LogP contribution is -2.32. The van der Waals surface area contributed by atoms with Gasteiger partial charge in [-0.05, 0) is 31.0 Å². The van der Waals surface area contributed by atoms with Gasteiger partial charge in [0.05, 0.1) is 0 Å². The highest BCUT2D eigenvalue weighted by Crippen LogP contribution is 2.41. The van der Waals surface area contributed by atoms with Crippen LogP contribution in [-0.4, -0.2) is 36.6 Å². The number of aromatic nitrogens is 2. The SMILES string of the molecule is CNC1c2ccccc2CCC1Sc1nnc(N(C)C)s1. The molecule has 0 amide bonds. The Labute approximate surface area is 134 Å². The first-order valence-corrected chi connectivity index (χ1v) is 8.81. The van der Waals surface area contributed by atoms with Gasteiger partial charge in [0.2, 0.25) is 5.13 Å². The first-order valence-electron chi connectivity index (χ1n) is 7.11. The summed E-state index contributed by atoms with van der Waals surface area (Å²) in [5, 5.41) is 13.5. The van der Waals surface area contributed by atoms with E-state index in [1.807, 2.05) is 37.8 Å². The summed E-state index contributed by atoms with van der Waals surface area (Å²) in [5.74, 6) is 0. The van der Waals surface area contributed by atoms with Crippen LogP contribution in [0.1, 0.15) is 23.6 Å². The van der Waals surface area contributed by atoms with Gasteiger partial charge in [-0.1, -0.05) is 47.4 Å². The third kappa shape index (κ3) is 3.07. The lowest BCUT2D eigenvalue weighted by molar-refractivity contribution is 0.510. The molecule has 0 aliphatic heterocycles. The largest absolute Gasteiger partial charge is 0.353 e. The van der Waals surface area contributed by atoms with Gasteiger partial charge in [0.25, 0.3) is 0 Å². The predicted molar refractivity (Wildman–Crippen MR) is 90.4 cm³/mol. The molecule has 21 heavy (non-hydrogen) atoms. The van der Waals surface area contributed by atoms with E-state index in [1.165, 1.54) is 17.5 Å². The van der Waals surface area contributed by atoms with Gasteiger partial charge in [-0.25, -0.2) is 0 Å². The molecule has 0 spiro atoms. The number of anilines is 1. The molecule has 6 heteroatoms. The molecule has 4 nitrogen and oxygen atoms in total. The van der Waals surface area contributed by atoms with Crippen LogP contribution < -0.4 is 10.2 Å². The number of fused-ring (bicyclic) bond motifs is 1. The van der Waals surface area contributed by atoms with Gasteiger partial charge in [-0.3, -0.25) is 0 Å². The average molecular weight is 320 g/mol. The second-order valence-corrected chi connectivity index (χ2v) is 7.85. The number of nitrogens with one attached hydrogen (secondary N) is 1. The molecule has 0 radical (unpaired) electrons. The molecular formula is C15H20N4S2. The van der Waals surface area contributed by atoms with E-state index in [0.717, 1.165) is 15.9 Å². The zero-order valence-corrected chi connectivity index (χ0v) is 14.2. The maximum atomic E-state index is 4.32. The van der Waals surface area contributed by atoms with Crippen LogP contribution in [0.25, 0.3) is 0 Å². The molecule has 0 saturated heterocycles. The van der Waals surface area contributed by atoms with Gasteiger partial charge in [0, 0.05) is 25.4 Å². The summed E-state index contributed by atoms with van der Waals surface area (Å²) in [7, 11) is 6.05. The summed E-state index contributed by atoms with van der Waals surface area (Å²) >= 11 is 3.52. The van der Waals surface area contributed by atoms with Crippen molar-refractivity contribution in [3.8, 4) is 0 Å². The molecule has 0 bridgehead atoms. The van der Waals surface area contributed by atoms with E-state index in [4.69, 9.17) is 0 Å².